The first-order valence-corrected chi connectivity index (χ1v) is 11.1. The Bertz CT molecular complexity index is 1560. The zero-order valence-corrected chi connectivity index (χ0v) is 19.3. The van der Waals surface area contributed by atoms with Crippen molar-refractivity contribution in [2.45, 2.75) is 19.9 Å². The van der Waals surface area contributed by atoms with Crippen LogP contribution >= 0.6 is 0 Å². The van der Waals surface area contributed by atoms with Crippen LogP contribution in [0.25, 0.3) is 38.9 Å². The third-order valence-corrected chi connectivity index (χ3v) is 5.75. The van der Waals surface area contributed by atoms with Gasteiger partial charge < -0.3 is 14.2 Å². The Morgan fingerprint density at radius 1 is 0.971 bits per heavy atom. The van der Waals surface area contributed by atoms with Crippen LogP contribution in [0.3, 0.4) is 0 Å². The van der Waals surface area contributed by atoms with Gasteiger partial charge in [0, 0.05) is 25.8 Å². The van der Waals surface area contributed by atoms with Crippen molar-refractivity contribution in [1.29, 1.82) is 0 Å². The molecule has 0 spiro atoms. The molecule has 2 aromatic carbocycles. The van der Waals surface area contributed by atoms with Crippen LogP contribution in [-0.4, -0.2) is 51.5 Å². The van der Waals surface area contributed by atoms with Gasteiger partial charge in [-0.3, -0.25) is 13.9 Å². The van der Waals surface area contributed by atoms with Crippen LogP contribution in [0, 0.1) is 0 Å². The lowest BCUT2D eigenvalue weighted by molar-refractivity contribution is 0.141. The molecular formula is C25H25N5O4. The van der Waals surface area contributed by atoms with Gasteiger partial charge in [-0.1, -0.05) is 12.1 Å². The van der Waals surface area contributed by atoms with Crippen LogP contribution in [-0.2, 0) is 11.3 Å². The van der Waals surface area contributed by atoms with Gasteiger partial charge in [0.25, 0.3) is 5.56 Å². The van der Waals surface area contributed by atoms with Crippen molar-refractivity contribution < 1.29 is 14.2 Å². The fourth-order valence-corrected chi connectivity index (χ4v) is 4.11. The van der Waals surface area contributed by atoms with Gasteiger partial charge in [0.2, 0.25) is 0 Å². The normalized spacial score (nSPS) is 11.5. The summed E-state index contributed by atoms with van der Waals surface area (Å²) in [6.07, 6.45) is 2.27. The molecule has 34 heavy (non-hydrogen) atoms. The summed E-state index contributed by atoms with van der Waals surface area (Å²) in [5.41, 5.74) is 3.40. The highest BCUT2D eigenvalue weighted by Crippen LogP contribution is 2.34. The predicted octanol–water partition coefficient (Wildman–Crippen LogP) is 3.73. The van der Waals surface area contributed by atoms with Gasteiger partial charge in [0.15, 0.2) is 11.3 Å². The average Bonchev–Trinajstić information content (AvgIpc) is 3.19. The summed E-state index contributed by atoms with van der Waals surface area (Å²) in [5.74, 6) is 1.24. The van der Waals surface area contributed by atoms with Gasteiger partial charge in [0.05, 0.1) is 37.3 Å². The number of methoxy groups -OCH3 is 2. The van der Waals surface area contributed by atoms with Crippen LogP contribution < -0.4 is 15.0 Å². The minimum atomic E-state index is -0.170. The summed E-state index contributed by atoms with van der Waals surface area (Å²) in [5, 5.41) is 0.414. The molecular weight excluding hydrogens is 434 g/mol. The van der Waals surface area contributed by atoms with E-state index in [1.165, 1.54) is 0 Å². The molecule has 3 heterocycles. The maximum Gasteiger partial charge on any atom is 0.265 e. The predicted molar refractivity (Wildman–Crippen MR) is 130 cm³/mol. The lowest BCUT2D eigenvalue weighted by atomic mass is 10.2. The number of nitrogens with zero attached hydrogens (tertiary/aromatic N) is 5. The number of aromatic nitrogens is 5. The first-order valence-electron chi connectivity index (χ1n) is 11.1. The van der Waals surface area contributed by atoms with Crippen molar-refractivity contribution in [2.24, 2.45) is 0 Å². The average molecular weight is 460 g/mol. The molecule has 0 amide bonds. The van der Waals surface area contributed by atoms with Crippen LogP contribution in [0.4, 0.5) is 0 Å². The molecule has 0 aliphatic rings. The summed E-state index contributed by atoms with van der Waals surface area (Å²) in [4.78, 5) is 28.0. The standard InChI is InChI=1S/C25H25N5O4/c1-4-34-13-7-12-29-15-26-23-21(25(29)31)22-24(28-18-9-6-5-8-17(18)27-22)30(23)19-14-16(32-2)10-11-20(19)33-3/h5-6,8-11,14-15H,4,7,12-13H2,1-3H3. The van der Waals surface area contributed by atoms with Crippen molar-refractivity contribution >= 4 is 33.2 Å². The molecule has 0 atom stereocenters. The molecule has 0 unspecified atom stereocenters. The molecule has 0 fully saturated rings. The third-order valence-electron chi connectivity index (χ3n) is 5.75. The summed E-state index contributed by atoms with van der Waals surface area (Å²) >= 11 is 0. The van der Waals surface area contributed by atoms with Crippen LogP contribution in [0.5, 0.6) is 11.5 Å². The lowest BCUT2D eigenvalue weighted by Crippen LogP contribution is -2.21. The second-order valence-corrected chi connectivity index (χ2v) is 7.75. The number of hydrogen-bond donors (Lipinski definition) is 0. The second-order valence-electron chi connectivity index (χ2n) is 7.75. The molecule has 9 nitrogen and oxygen atoms in total. The topological polar surface area (TPSA) is 93.3 Å². The second kappa shape index (κ2) is 9.11. The Morgan fingerprint density at radius 3 is 2.50 bits per heavy atom. The van der Waals surface area contributed by atoms with E-state index in [0.29, 0.717) is 71.1 Å². The highest BCUT2D eigenvalue weighted by atomic mass is 16.5. The maximum atomic E-state index is 13.6. The fraction of sp³-hybridized carbons (Fsp3) is 0.280. The number of para-hydroxylation sites is 2. The first kappa shape index (κ1) is 21.8. The van der Waals surface area contributed by atoms with Gasteiger partial charge >= 0.3 is 0 Å². The van der Waals surface area contributed by atoms with Crippen molar-refractivity contribution in [3.05, 3.63) is 59.1 Å². The Morgan fingerprint density at radius 2 is 1.76 bits per heavy atom. The quantitative estimate of drug-likeness (QED) is 0.327. The smallest absolute Gasteiger partial charge is 0.265 e. The molecule has 0 bridgehead atoms. The molecule has 0 aliphatic carbocycles. The highest BCUT2D eigenvalue weighted by molar-refractivity contribution is 6.06. The number of hydrogen-bond acceptors (Lipinski definition) is 7. The molecule has 0 saturated heterocycles. The summed E-state index contributed by atoms with van der Waals surface area (Å²) in [7, 11) is 3.20. The Balaban J connectivity index is 1.83. The van der Waals surface area contributed by atoms with E-state index in [1.807, 2.05) is 54.0 Å². The summed E-state index contributed by atoms with van der Waals surface area (Å²) < 4.78 is 19.9. The SMILES string of the molecule is CCOCCCn1cnc2c(c1=O)c1nc3ccccc3nc1n2-c1cc(OC)ccc1OC. The minimum absolute atomic E-state index is 0.170. The van der Waals surface area contributed by atoms with E-state index in [1.54, 1.807) is 25.1 Å². The first-order chi connectivity index (χ1) is 16.7. The molecule has 0 radical (unpaired) electrons. The summed E-state index contributed by atoms with van der Waals surface area (Å²) in [6, 6.07) is 13.1. The molecule has 5 rings (SSSR count). The number of ether oxygens (including phenoxy) is 3. The zero-order chi connectivity index (χ0) is 23.7. The van der Waals surface area contributed by atoms with E-state index in [-0.39, 0.29) is 5.56 Å². The molecule has 174 valence electrons. The van der Waals surface area contributed by atoms with Gasteiger partial charge in [-0.15, -0.1) is 0 Å². The van der Waals surface area contributed by atoms with E-state index in [4.69, 9.17) is 24.2 Å². The summed E-state index contributed by atoms with van der Waals surface area (Å²) in [6.45, 7) is 3.67. The van der Waals surface area contributed by atoms with Crippen molar-refractivity contribution in [1.82, 2.24) is 24.1 Å². The molecule has 5 aromatic rings. The number of fused-ring (bicyclic) bond motifs is 4. The molecule has 9 heteroatoms. The maximum absolute atomic E-state index is 13.6. The van der Waals surface area contributed by atoms with Crippen LogP contribution in [0.1, 0.15) is 13.3 Å². The largest absolute Gasteiger partial charge is 0.497 e. The van der Waals surface area contributed by atoms with E-state index in [2.05, 4.69) is 4.98 Å². The monoisotopic (exact) mass is 459 g/mol. The van der Waals surface area contributed by atoms with E-state index < -0.39 is 0 Å². The van der Waals surface area contributed by atoms with Gasteiger partial charge in [-0.05, 0) is 37.6 Å². The highest BCUT2D eigenvalue weighted by Gasteiger charge is 2.23. The zero-order valence-electron chi connectivity index (χ0n) is 19.3. The molecule has 0 N–H and O–H groups in total. The fourth-order valence-electron chi connectivity index (χ4n) is 4.11. The minimum Gasteiger partial charge on any atom is -0.497 e. The number of aryl methyl sites for hydroxylation is 1. The van der Waals surface area contributed by atoms with Gasteiger partial charge in [-0.2, -0.15) is 0 Å². The molecule has 0 saturated carbocycles. The van der Waals surface area contributed by atoms with E-state index in [9.17, 15) is 4.79 Å². The Hall–Kier alpha value is -3.98. The molecule has 0 aliphatic heterocycles. The van der Waals surface area contributed by atoms with Gasteiger partial charge in [0.1, 0.15) is 22.4 Å². The Kier molecular flexibility index (Phi) is 5.85. The van der Waals surface area contributed by atoms with Crippen molar-refractivity contribution in [3.8, 4) is 17.2 Å². The number of benzene rings is 2. The molecule has 3 aromatic heterocycles. The van der Waals surface area contributed by atoms with Crippen molar-refractivity contribution in [3.63, 3.8) is 0 Å². The lowest BCUT2D eigenvalue weighted by Gasteiger charge is -2.13. The third kappa shape index (κ3) is 3.63. The van der Waals surface area contributed by atoms with Gasteiger partial charge in [-0.25, -0.2) is 15.0 Å². The van der Waals surface area contributed by atoms with Crippen LogP contribution in [0.15, 0.2) is 53.6 Å². The van der Waals surface area contributed by atoms with Crippen LogP contribution in [0.2, 0.25) is 0 Å². The number of rotatable bonds is 8. The van der Waals surface area contributed by atoms with E-state index in [0.717, 1.165) is 5.52 Å². The van der Waals surface area contributed by atoms with E-state index >= 15 is 0 Å². The van der Waals surface area contributed by atoms with Crippen molar-refractivity contribution in [2.75, 3.05) is 27.4 Å². The Labute approximate surface area is 195 Å².